The number of piperidine rings is 1. The number of carboxylic acids is 2. The van der Waals surface area contributed by atoms with Crippen molar-refractivity contribution in [2.75, 3.05) is 18.8 Å². The van der Waals surface area contributed by atoms with Gasteiger partial charge in [0.15, 0.2) is 0 Å². The van der Waals surface area contributed by atoms with Crippen molar-refractivity contribution in [3.05, 3.63) is 34.9 Å². The average molecular weight is 369 g/mol. The Balaban J connectivity index is 1.98. The lowest BCUT2D eigenvalue weighted by Gasteiger charge is -2.31. The average Bonchev–Trinajstić information content (AvgIpc) is 2.60. The minimum absolute atomic E-state index is 0.0289. The van der Waals surface area contributed by atoms with E-state index >= 15 is 0 Å². The van der Waals surface area contributed by atoms with Gasteiger partial charge in [-0.1, -0.05) is 0 Å². The normalized spacial score (nSPS) is 16.7. The topological polar surface area (TPSA) is 112 Å². The minimum atomic E-state index is -3.14. The Kier molecular flexibility index (Phi) is 6.18. The molecule has 1 aromatic rings. The molecule has 1 saturated heterocycles. The molecular formula is C17H23NO6S. The number of hydrogen-bond donors (Lipinski definition) is 2. The number of carboxylic acid groups (broad SMARTS) is 2. The zero-order valence-electron chi connectivity index (χ0n) is 14.1. The summed E-state index contributed by atoms with van der Waals surface area (Å²) in [6, 6.07) is 4.17. The maximum Gasteiger partial charge on any atom is 0.335 e. The Hall–Kier alpha value is -1.93. The molecule has 1 heterocycles. The van der Waals surface area contributed by atoms with Crippen LogP contribution in [0.1, 0.15) is 52.5 Å². The van der Waals surface area contributed by atoms with Gasteiger partial charge in [0.1, 0.15) is 0 Å². The highest BCUT2D eigenvalue weighted by Crippen LogP contribution is 2.25. The van der Waals surface area contributed by atoms with E-state index in [1.807, 2.05) is 0 Å². The van der Waals surface area contributed by atoms with E-state index in [2.05, 4.69) is 0 Å². The van der Waals surface area contributed by atoms with Gasteiger partial charge in [0.05, 0.1) is 16.9 Å². The van der Waals surface area contributed by atoms with E-state index in [9.17, 15) is 18.0 Å². The number of hydrogen-bond acceptors (Lipinski definition) is 4. The summed E-state index contributed by atoms with van der Waals surface area (Å²) in [6.07, 6.45) is 2.89. The van der Waals surface area contributed by atoms with Crippen molar-refractivity contribution >= 4 is 22.0 Å². The van der Waals surface area contributed by atoms with Crippen LogP contribution < -0.4 is 0 Å². The Morgan fingerprint density at radius 2 is 1.60 bits per heavy atom. The number of aromatic carboxylic acids is 2. The van der Waals surface area contributed by atoms with Crippen LogP contribution in [0, 0.1) is 5.92 Å². The summed E-state index contributed by atoms with van der Waals surface area (Å²) in [6.45, 7) is 2.66. The Morgan fingerprint density at radius 3 is 2.04 bits per heavy atom. The van der Waals surface area contributed by atoms with E-state index in [0.29, 0.717) is 31.0 Å². The fraction of sp³-hybridized carbons (Fsp3) is 0.529. The van der Waals surface area contributed by atoms with Crippen LogP contribution in [0.2, 0.25) is 0 Å². The zero-order valence-corrected chi connectivity index (χ0v) is 15.0. The van der Waals surface area contributed by atoms with E-state index < -0.39 is 22.0 Å². The molecule has 2 rings (SSSR count). The summed E-state index contributed by atoms with van der Waals surface area (Å²) in [4.78, 5) is 22.3. The summed E-state index contributed by atoms with van der Waals surface area (Å²) < 4.78 is 25.2. The van der Waals surface area contributed by atoms with Gasteiger partial charge in [-0.05, 0) is 62.3 Å². The number of benzene rings is 1. The lowest BCUT2D eigenvalue weighted by Crippen LogP contribution is -2.39. The molecule has 0 amide bonds. The molecule has 25 heavy (non-hydrogen) atoms. The van der Waals surface area contributed by atoms with Crippen LogP contribution in [0.15, 0.2) is 18.2 Å². The SMILES string of the molecule is CCS(=O)(=O)N1CCC(CCc2cc(C(=O)O)cc(C(=O)O)c2)CC1. The largest absolute Gasteiger partial charge is 0.478 e. The summed E-state index contributed by atoms with van der Waals surface area (Å²) in [7, 11) is -3.14. The van der Waals surface area contributed by atoms with Gasteiger partial charge in [0, 0.05) is 13.1 Å². The predicted octanol–water partition coefficient (Wildman–Crippen LogP) is 2.08. The number of rotatable bonds is 7. The highest BCUT2D eigenvalue weighted by atomic mass is 32.2. The van der Waals surface area contributed by atoms with Crippen molar-refractivity contribution in [3.8, 4) is 0 Å². The lowest BCUT2D eigenvalue weighted by molar-refractivity contribution is 0.0696. The molecule has 138 valence electrons. The third-order valence-electron chi connectivity index (χ3n) is 4.66. The first-order valence-electron chi connectivity index (χ1n) is 8.31. The minimum Gasteiger partial charge on any atom is -0.478 e. The Labute approximate surface area is 147 Å². The van der Waals surface area contributed by atoms with E-state index in [1.54, 1.807) is 6.92 Å². The second-order valence-electron chi connectivity index (χ2n) is 6.31. The number of aryl methyl sites for hydroxylation is 1. The van der Waals surface area contributed by atoms with Crippen molar-refractivity contribution in [3.63, 3.8) is 0 Å². The second-order valence-corrected chi connectivity index (χ2v) is 8.57. The molecule has 0 aromatic heterocycles. The molecule has 0 spiro atoms. The Bertz CT molecular complexity index is 718. The summed E-state index contributed by atoms with van der Waals surface area (Å²) in [5.74, 6) is -1.84. The molecule has 1 aromatic carbocycles. The van der Waals surface area contributed by atoms with Crippen molar-refractivity contribution < 1.29 is 28.2 Å². The van der Waals surface area contributed by atoms with Gasteiger partial charge in [-0.25, -0.2) is 22.3 Å². The molecule has 0 saturated carbocycles. The van der Waals surface area contributed by atoms with E-state index in [4.69, 9.17) is 10.2 Å². The molecule has 7 nitrogen and oxygen atoms in total. The van der Waals surface area contributed by atoms with Crippen molar-refractivity contribution in [1.82, 2.24) is 4.31 Å². The van der Waals surface area contributed by atoms with Gasteiger partial charge < -0.3 is 10.2 Å². The fourth-order valence-corrected chi connectivity index (χ4v) is 4.25. The first-order chi connectivity index (χ1) is 11.7. The Morgan fingerprint density at radius 1 is 1.08 bits per heavy atom. The van der Waals surface area contributed by atoms with Crippen LogP contribution in [-0.2, 0) is 16.4 Å². The van der Waals surface area contributed by atoms with Gasteiger partial charge in [-0.2, -0.15) is 0 Å². The number of nitrogens with zero attached hydrogens (tertiary/aromatic N) is 1. The van der Waals surface area contributed by atoms with E-state index in [1.165, 1.54) is 16.4 Å². The quantitative estimate of drug-likeness (QED) is 0.761. The summed E-state index contributed by atoms with van der Waals surface area (Å²) >= 11 is 0. The highest BCUT2D eigenvalue weighted by Gasteiger charge is 2.26. The summed E-state index contributed by atoms with van der Waals surface area (Å²) in [5, 5.41) is 18.2. The van der Waals surface area contributed by atoms with Crippen LogP contribution >= 0.6 is 0 Å². The molecule has 0 aliphatic carbocycles. The fourth-order valence-electron chi connectivity index (χ4n) is 3.11. The highest BCUT2D eigenvalue weighted by molar-refractivity contribution is 7.89. The van der Waals surface area contributed by atoms with Gasteiger partial charge in [-0.3, -0.25) is 0 Å². The van der Waals surface area contributed by atoms with Gasteiger partial charge in [0.2, 0.25) is 10.0 Å². The first kappa shape index (κ1) is 19.4. The van der Waals surface area contributed by atoms with E-state index in [0.717, 1.165) is 25.3 Å². The molecule has 1 aliphatic rings. The maximum atomic E-state index is 11.9. The molecule has 0 atom stereocenters. The van der Waals surface area contributed by atoms with Crippen LogP contribution in [0.5, 0.6) is 0 Å². The summed E-state index contributed by atoms with van der Waals surface area (Å²) in [5.41, 5.74) is 0.624. The van der Waals surface area contributed by atoms with Gasteiger partial charge in [0.25, 0.3) is 0 Å². The predicted molar refractivity (Wildman–Crippen MR) is 92.4 cm³/mol. The van der Waals surface area contributed by atoms with Crippen LogP contribution in [-0.4, -0.2) is 53.7 Å². The van der Waals surface area contributed by atoms with E-state index in [-0.39, 0.29) is 16.9 Å². The molecular weight excluding hydrogens is 346 g/mol. The molecule has 8 heteroatoms. The van der Waals surface area contributed by atoms with Crippen molar-refractivity contribution in [2.24, 2.45) is 5.92 Å². The second kappa shape index (κ2) is 7.97. The smallest absolute Gasteiger partial charge is 0.335 e. The standard InChI is InChI=1S/C17H23NO6S/c1-2-25(23,24)18-7-5-12(6-8-18)3-4-13-9-14(16(19)20)11-15(10-13)17(21)22/h9-12H,2-8H2,1H3,(H,19,20)(H,21,22). The lowest BCUT2D eigenvalue weighted by atomic mass is 9.90. The molecule has 0 unspecified atom stereocenters. The monoisotopic (exact) mass is 369 g/mol. The molecule has 0 radical (unpaired) electrons. The van der Waals surface area contributed by atoms with Crippen LogP contribution in [0.4, 0.5) is 0 Å². The maximum absolute atomic E-state index is 11.9. The number of carbonyl (C=O) groups is 2. The zero-order chi connectivity index (χ0) is 18.6. The van der Waals surface area contributed by atoms with Crippen LogP contribution in [0.3, 0.4) is 0 Å². The third-order valence-corrected chi connectivity index (χ3v) is 6.54. The molecule has 0 bridgehead atoms. The first-order valence-corrected chi connectivity index (χ1v) is 9.92. The molecule has 1 fully saturated rings. The van der Waals surface area contributed by atoms with Crippen molar-refractivity contribution in [1.29, 1.82) is 0 Å². The van der Waals surface area contributed by atoms with Crippen molar-refractivity contribution in [2.45, 2.75) is 32.6 Å². The molecule has 2 N–H and O–H groups in total. The van der Waals surface area contributed by atoms with Gasteiger partial charge in [-0.15, -0.1) is 0 Å². The number of sulfonamides is 1. The molecule has 1 aliphatic heterocycles. The third kappa shape index (κ3) is 5.02. The van der Waals surface area contributed by atoms with Crippen LogP contribution in [0.25, 0.3) is 0 Å². The van der Waals surface area contributed by atoms with Gasteiger partial charge >= 0.3 is 11.9 Å².